The number of carbonyl (C=O) groups is 2. The van der Waals surface area contributed by atoms with Gasteiger partial charge in [-0.15, -0.1) is 0 Å². The molecule has 0 radical (unpaired) electrons. The van der Waals surface area contributed by atoms with E-state index in [0.717, 1.165) is 0 Å². The molecule has 1 amide bonds. The molecule has 3 rings (SSSR count). The monoisotopic (exact) mass is 375 g/mol. The van der Waals surface area contributed by atoms with E-state index in [0.29, 0.717) is 42.5 Å². The van der Waals surface area contributed by atoms with Crippen molar-refractivity contribution in [2.75, 3.05) is 23.3 Å². The topological polar surface area (TPSA) is 103 Å². The zero-order chi connectivity index (χ0) is 18.7. The van der Waals surface area contributed by atoms with Crippen molar-refractivity contribution in [1.29, 1.82) is 0 Å². The van der Waals surface area contributed by atoms with Crippen LogP contribution < -0.4 is 10.2 Å². The summed E-state index contributed by atoms with van der Waals surface area (Å²) in [6, 6.07) is 9.35. The molecule has 1 aromatic carbocycles. The van der Waals surface area contributed by atoms with Crippen molar-refractivity contribution in [3.05, 3.63) is 47.1 Å². The van der Waals surface area contributed by atoms with Crippen molar-refractivity contribution in [2.24, 2.45) is 5.92 Å². The Morgan fingerprint density at radius 1 is 1.19 bits per heavy atom. The molecule has 1 fully saturated rings. The Hall–Kier alpha value is -2.80. The number of nitrogens with zero attached hydrogens (tertiary/aromatic N) is 2. The van der Waals surface area contributed by atoms with E-state index < -0.39 is 5.97 Å². The average Bonchev–Trinajstić information content (AvgIpc) is 2.65. The smallest absolute Gasteiger partial charge is 0.354 e. The number of nitrogens with one attached hydrogen (secondary N) is 1. The summed E-state index contributed by atoms with van der Waals surface area (Å²) in [6.45, 7) is 1.19. The molecule has 7 nitrogen and oxygen atoms in total. The Labute approximate surface area is 155 Å². The van der Waals surface area contributed by atoms with Crippen molar-refractivity contribution in [1.82, 2.24) is 4.98 Å². The van der Waals surface area contributed by atoms with Crippen molar-refractivity contribution in [2.45, 2.75) is 12.8 Å². The normalized spacial score (nSPS) is 14.9. The molecule has 0 bridgehead atoms. The molecule has 0 unspecified atom stereocenters. The number of anilines is 2. The fraction of sp³-hybridized carbons (Fsp3) is 0.278. The molecule has 8 heteroatoms. The zero-order valence-electron chi connectivity index (χ0n) is 13.9. The Morgan fingerprint density at radius 3 is 2.62 bits per heavy atom. The van der Waals surface area contributed by atoms with Gasteiger partial charge in [-0.3, -0.25) is 4.79 Å². The van der Waals surface area contributed by atoms with Gasteiger partial charge in [-0.05, 0) is 43.2 Å². The number of amides is 1. The molecule has 1 aliphatic rings. The molecule has 1 aromatic heterocycles. The van der Waals surface area contributed by atoms with E-state index in [-0.39, 0.29) is 23.3 Å². The second kappa shape index (κ2) is 7.61. The first-order chi connectivity index (χ1) is 12.4. The highest BCUT2D eigenvalue weighted by molar-refractivity contribution is 6.31. The molecule has 0 spiro atoms. The van der Waals surface area contributed by atoms with Gasteiger partial charge in [0.15, 0.2) is 5.69 Å². The average molecular weight is 376 g/mol. The second-order valence-corrected chi connectivity index (χ2v) is 6.53. The van der Waals surface area contributed by atoms with Crippen LogP contribution in [0.1, 0.15) is 23.3 Å². The molecular weight excluding hydrogens is 358 g/mol. The number of carboxylic acid groups (broad SMARTS) is 1. The van der Waals surface area contributed by atoms with Crippen molar-refractivity contribution in [3.8, 4) is 5.75 Å². The van der Waals surface area contributed by atoms with E-state index in [1.54, 1.807) is 18.2 Å². The van der Waals surface area contributed by atoms with Crippen LogP contribution in [0.25, 0.3) is 0 Å². The molecular formula is C18H18ClN3O4. The van der Waals surface area contributed by atoms with Gasteiger partial charge in [-0.2, -0.15) is 0 Å². The number of aromatic nitrogens is 1. The predicted molar refractivity (Wildman–Crippen MR) is 97.9 cm³/mol. The summed E-state index contributed by atoms with van der Waals surface area (Å²) in [4.78, 5) is 29.6. The first-order valence-corrected chi connectivity index (χ1v) is 8.56. The molecule has 136 valence electrons. The van der Waals surface area contributed by atoms with E-state index in [2.05, 4.69) is 10.3 Å². The van der Waals surface area contributed by atoms with E-state index in [1.807, 2.05) is 4.90 Å². The van der Waals surface area contributed by atoms with Crippen molar-refractivity contribution >= 4 is 35.0 Å². The van der Waals surface area contributed by atoms with E-state index >= 15 is 0 Å². The lowest BCUT2D eigenvalue weighted by Crippen LogP contribution is -2.38. The highest BCUT2D eigenvalue weighted by atomic mass is 35.5. The summed E-state index contributed by atoms with van der Waals surface area (Å²) in [5.74, 6) is -0.879. The summed E-state index contributed by atoms with van der Waals surface area (Å²) in [7, 11) is 0. The van der Waals surface area contributed by atoms with Crippen LogP contribution >= 0.6 is 11.6 Å². The number of piperidine rings is 1. The lowest BCUT2D eigenvalue weighted by atomic mass is 9.95. The number of carboxylic acids is 1. The van der Waals surface area contributed by atoms with Crippen LogP contribution in [0.3, 0.4) is 0 Å². The fourth-order valence-corrected chi connectivity index (χ4v) is 3.10. The number of hydrogen-bond acceptors (Lipinski definition) is 5. The third-order valence-electron chi connectivity index (χ3n) is 4.36. The predicted octanol–water partition coefficient (Wildman–Crippen LogP) is 2.99. The molecule has 1 saturated heterocycles. The van der Waals surface area contributed by atoms with Crippen LogP contribution in [0.15, 0.2) is 36.4 Å². The van der Waals surface area contributed by atoms with Gasteiger partial charge >= 0.3 is 5.97 Å². The maximum atomic E-state index is 12.4. The molecule has 26 heavy (non-hydrogen) atoms. The van der Waals surface area contributed by atoms with Gasteiger partial charge in [-0.1, -0.05) is 17.7 Å². The number of halogens is 1. The number of aromatic hydroxyl groups is 1. The molecule has 0 atom stereocenters. The Bertz CT molecular complexity index is 835. The number of hydrogen-bond donors (Lipinski definition) is 3. The number of rotatable bonds is 4. The second-order valence-electron chi connectivity index (χ2n) is 6.10. The zero-order valence-corrected chi connectivity index (χ0v) is 14.6. The minimum atomic E-state index is -1.07. The van der Waals surface area contributed by atoms with E-state index in [9.17, 15) is 14.7 Å². The highest BCUT2D eigenvalue weighted by Gasteiger charge is 2.26. The minimum Gasteiger partial charge on any atom is -0.506 e. The first kappa shape index (κ1) is 18.0. The third kappa shape index (κ3) is 4.05. The van der Waals surface area contributed by atoms with E-state index in [1.165, 1.54) is 18.2 Å². The van der Waals surface area contributed by atoms with Crippen molar-refractivity contribution in [3.63, 3.8) is 0 Å². The lowest BCUT2D eigenvalue weighted by molar-refractivity contribution is -0.120. The van der Waals surface area contributed by atoms with Crippen molar-refractivity contribution < 1.29 is 19.8 Å². The summed E-state index contributed by atoms with van der Waals surface area (Å²) in [5, 5.41) is 22.0. The minimum absolute atomic E-state index is 0.00111. The Balaban J connectivity index is 1.61. The summed E-state index contributed by atoms with van der Waals surface area (Å²) >= 11 is 5.89. The highest BCUT2D eigenvalue weighted by Crippen LogP contribution is 2.29. The Kier molecular flexibility index (Phi) is 5.27. The van der Waals surface area contributed by atoms with Gasteiger partial charge in [0.1, 0.15) is 11.6 Å². The quantitative estimate of drug-likeness (QED) is 0.710. The van der Waals surface area contributed by atoms with Crippen LogP contribution in [-0.2, 0) is 4.79 Å². The van der Waals surface area contributed by atoms with Crippen LogP contribution in [0, 0.1) is 5.92 Å². The van der Waals surface area contributed by atoms with Crippen LogP contribution in [0.4, 0.5) is 11.5 Å². The number of phenols is 1. The summed E-state index contributed by atoms with van der Waals surface area (Å²) < 4.78 is 0. The van der Waals surface area contributed by atoms with E-state index in [4.69, 9.17) is 16.7 Å². The molecule has 3 N–H and O–H groups in total. The summed E-state index contributed by atoms with van der Waals surface area (Å²) in [5.41, 5.74) is 0.291. The SMILES string of the molecule is O=C(O)c1cccc(N2CCC(C(=O)Nc3cc(Cl)ccc3O)CC2)n1. The number of carbonyl (C=O) groups excluding carboxylic acids is 1. The van der Waals surface area contributed by atoms with Gasteiger partial charge in [0.25, 0.3) is 0 Å². The standard InChI is InChI=1S/C18H18ClN3O4/c19-12-4-5-15(23)14(10-12)21-17(24)11-6-8-22(9-7-11)16-3-1-2-13(20-16)18(25)26/h1-5,10-11,23H,6-9H2,(H,21,24)(H,25,26). The van der Waals surface area contributed by atoms with Crippen LogP contribution in [0.2, 0.25) is 5.02 Å². The molecule has 1 aliphatic heterocycles. The molecule has 2 aromatic rings. The van der Waals surface area contributed by atoms with Gasteiger partial charge in [0.2, 0.25) is 5.91 Å². The van der Waals surface area contributed by atoms with Gasteiger partial charge in [-0.25, -0.2) is 9.78 Å². The van der Waals surface area contributed by atoms with Gasteiger partial charge in [0, 0.05) is 24.0 Å². The lowest BCUT2D eigenvalue weighted by Gasteiger charge is -2.32. The van der Waals surface area contributed by atoms with Crippen LogP contribution in [0.5, 0.6) is 5.75 Å². The number of benzene rings is 1. The third-order valence-corrected chi connectivity index (χ3v) is 4.59. The largest absolute Gasteiger partial charge is 0.506 e. The maximum absolute atomic E-state index is 12.4. The van der Waals surface area contributed by atoms with Crippen LogP contribution in [-0.4, -0.2) is 40.2 Å². The maximum Gasteiger partial charge on any atom is 0.354 e. The number of aromatic carboxylic acids is 1. The summed E-state index contributed by atoms with van der Waals surface area (Å²) in [6.07, 6.45) is 1.21. The van der Waals surface area contributed by atoms with Gasteiger partial charge in [0.05, 0.1) is 5.69 Å². The molecule has 2 heterocycles. The number of pyridine rings is 1. The molecule has 0 aliphatic carbocycles. The van der Waals surface area contributed by atoms with Gasteiger partial charge < -0.3 is 20.4 Å². The molecule has 0 saturated carbocycles. The number of phenolic OH excluding ortho intramolecular Hbond substituents is 1. The first-order valence-electron chi connectivity index (χ1n) is 8.18. The fourth-order valence-electron chi connectivity index (χ4n) is 2.93. The Morgan fingerprint density at radius 2 is 1.92 bits per heavy atom.